The van der Waals surface area contributed by atoms with Crippen LogP contribution >= 0.6 is 11.6 Å². The van der Waals surface area contributed by atoms with Gasteiger partial charge in [0.25, 0.3) is 0 Å². The van der Waals surface area contributed by atoms with Gasteiger partial charge >= 0.3 is 0 Å². The average molecular weight is 246 g/mol. The molecule has 2 atom stereocenters. The van der Waals surface area contributed by atoms with Gasteiger partial charge < -0.3 is 4.90 Å². The van der Waals surface area contributed by atoms with Gasteiger partial charge in [0.1, 0.15) is 0 Å². The van der Waals surface area contributed by atoms with E-state index < -0.39 is 0 Å². The number of amides is 1. The number of likely N-dealkylation sites (tertiary alicyclic amines) is 1. The lowest BCUT2D eigenvalue weighted by molar-refractivity contribution is -0.133. The number of nitrogens with zero attached hydrogens (tertiary/aromatic N) is 1. The van der Waals surface area contributed by atoms with Crippen LogP contribution in [0.2, 0.25) is 0 Å². The fourth-order valence-corrected chi connectivity index (χ4v) is 2.49. The minimum absolute atomic E-state index is 0.353. The van der Waals surface area contributed by atoms with E-state index >= 15 is 0 Å². The predicted molar refractivity (Wildman–Crippen MR) is 68.8 cm³/mol. The largest absolute Gasteiger partial charge is 0.340 e. The maximum absolute atomic E-state index is 12.1. The van der Waals surface area contributed by atoms with Crippen LogP contribution in [0.25, 0.3) is 0 Å². The van der Waals surface area contributed by atoms with Gasteiger partial charge in [0, 0.05) is 24.9 Å². The van der Waals surface area contributed by atoms with Gasteiger partial charge in [0.15, 0.2) is 0 Å². The summed E-state index contributed by atoms with van der Waals surface area (Å²) in [5.41, 5.74) is 0. The molecule has 1 rings (SSSR count). The van der Waals surface area contributed by atoms with Gasteiger partial charge in [0.2, 0.25) is 5.91 Å². The van der Waals surface area contributed by atoms with Crippen molar-refractivity contribution in [3.05, 3.63) is 0 Å². The monoisotopic (exact) mass is 245 g/mol. The highest BCUT2D eigenvalue weighted by molar-refractivity contribution is 6.17. The Hall–Kier alpha value is -0.240. The molecule has 0 aromatic rings. The van der Waals surface area contributed by atoms with E-state index in [-0.39, 0.29) is 0 Å². The number of alkyl halides is 1. The highest BCUT2D eigenvalue weighted by atomic mass is 35.5. The zero-order valence-corrected chi connectivity index (χ0v) is 11.3. The Balaban J connectivity index is 2.41. The average Bonchev–Trinajstić information content (AvgIpc) is 2.74. The maximum Gasteiger partial charge on any atom is 0.223 e. The number of carbonyl (C=O) groups is 1. The van der Waals surface area contributed by atoms with E-state index in [9.17, 15) is 4.79 Å². The molecule has 0 saturated carbocycles. The Morgan fingerprint density at radius 1 is 1.56 bits per heavy atom. The summed E-state index contributed by atoms with van der Waals surface area (Å²) in [5.74, 6) is 1.58. The third-order valence-electron chi connectivity index (χ3n) is 3.59. The quantitative estimate of drug-likeness (QED) is 0.657. The van der Waals surface area contributed by atoms with Crippen LogP contribution in [0.15, 0.2) is 0 Å². The summed E-state index contributed by atoms with van der Waals surface area (Å²) in [7, 11) is 0. The Morgan fingerprint density at radius 3 is 2.94 bits per heavy atom. The Kier molecular flexibility index (Phi) is 6.18. The number of carbonyl (C=O) groups excluding carboxylic acids is 1. The first-order valence-electron chi connectivity index (χ1n) is 6.54. The van der Waals surface area contributed by atoms with Gasteiger partial charge in [-0.25, -0.2) is 0 Å². The predicted octanol–water partition coefficient (Wildman–Crippen LogP) is 3.43. The summed E-state index contributed by atoms with van der Waals surface area (Å²) in [6, 6.07) is 0.468. The van der Waals surface area contributed by atoms with Crippen molar-refractivity contribution in [1.82, 2.24) is 4.90 Å². The van der Waals surface area contributed by atoms with Gasteiger partial charge in [0.05, 0.1) is 0 Å². The molecule has 1 aliphatic heterocycles. The SMILES string of the molecule is CCC(C)CC(=O)N1CCCC1CCCCl. The second kappa shape index (κ2) is 7.16. The van der Waals surface area contributed by atoms with E-state index in [1.807, 2.05) is 0 Å². The van der Waals surface area contributed by atoms with Crippen molar-refractivity contribution in [3.8, 4) is 0 Å². The summed E-state index contributed by atoms with van der Waals surface area (Å²) in [4.78, 5) is 14.2. The molecule has 0 spiro atoms. The van der Waals surface area contributed by atoms with Crippen LogP contribution in [0.4, 0.5) is 0 Å². The standard InChI is InChI=1S/C13H24ClNO/c1-3-11(2)10-13(16)15-9-5-7-12(15)6-4-8-14/h11-12H,3-10H2,1-2H3. The Bertz CT molecular complexity index is 220. The lowest BCUT2D eigenvalue weighted by Gasteiger charge is -2.25. The third kappa shape index (κ3) is 3.97. The van der Waals surface area contributed by atoms with Gasteiger partial charge in [-0.3, -0.25) is 4.79 Å². The highest BCUT2D eigenvalue weighted by Crippen LogP contribution is 2.23. The molecule has 1 saturated heterocycles. The van der Waals surface area contributed by atoms with Crippen LogP contribution in [-0.4, -0.2) is 29.3 Å². The van der Waals surface area contributed by atoms with Crippen LogP contribution in [0.3, 0.4) is 0 Å². The van der Waals surface area contributed by atoms with Crippen LogP contribution in [0.5, 0.6) is 0 Å². The van der Waals surface area contributed by atoms with Gasteiger partial charge in [-0.2, -0.15) is 0 Å². The number of hydrogen-bond acceptors (Lipinski definition) is 1. The van der Waals surface area contributed by atoms with E-state index in [0.717, 1.165) is 25.8 Å². The van der Waals surface area contributed by atoms with Crippen molar-refractivity contribution in [2.45, 2.75) is 58.4 Å². The molecule has 2 unspecified atom stereocenters. The molecule has 0 aromatic heterocycles. The Morgan fingerprint density at radius 2 is 2.31 bits per heavy atom. The molecule has 1 amide bonds. The first kappa shape index (κ1) is 13.8. The van der Waals surface area contributed by atoms with Crippen LogP contribution in [0, 0.1) is 5.92 Å². The van der Waals surface area contributed by atoms with Gasteiger partial charge in [-0.15, -0.1) is 11.6 Å². The van der Waals surface area contributed by atoms with E-state index in [0.29, 0.717) is 30.2 Å². The maximum atomic E-state index is 12.1. The van der Waals surface area contributed by atoms with E-state index in [1.165, 1.54) is 12.8 Å². The topological polar surface area (TPSA) is 20.3 Å². The van der Waals surface area contributed by atoms with E-state index in [2.05, 4.69) is 18.7 Å². The smallest absolute Gasteiger partial charge is 0.223 e. The molecular weight excluding hydrogens is 222 g/mol. The molecule has 3 heteroatoms. The lowest BCUT2D eigenvalue weighted by Crippen LogP contribution is -2.36. The fourth-order valence-electron chi connectivity index (χ4n) is 2.34. The molecule has 0 aromatic carbocycles. The number of hydrogen-bond donors (Lipinski definition) is 0. The summed E-state index contributed by atoms with van der Waals surface area (Å²) in [6.45, 7) is 5.26. The zero-order chi connectivity index (χ0) is 12.0. The van der Waals surface area contributed by atoms with Crippen LogP contribution in [0.1, 0.15) is 52.4 Å². The molecule has 0 bridgehead atoms. The summed E-state index contributed by atoms with van der Waals surface area (Å²) in [6.07, 6.45) is 6.25. The van der Waals surface area contributed by atoms with Crippen LogP contribution < -0.4 is 0 Å². The molecule has 0 radical (unpaired) electrons. The normalized spacial score (nSPS) is 22.4. The summed E-state index contributed by atoms with van der Waals surface area (Å²) < 4.78 is 0. The van der Waals surface area contributed by atoms with Crippen molar-refractivity contribution >= 4 is 17.5 Å². The first-order chi connectivity index (χ1) is 7.69. The van der Waals surface area contributed by atoms with Crippen molar-refractivity contribution in [1.29, 1.82) is 0 Å². The van der Waals surface area contributed by atoms with Gasteiger partial charge in [-0.1, -0.05) is 20.3 Å². The molecule has 1 aliphatic rings. The van der Waals surface area contributed by atoms with Crippen molar-refractivity contribution in [2.75, 3.05) is 12.4 Å². The van der Waals surface area contributed by atoms with Crippen LogP contribution in [-0.2, 0) is 4.79 Å². The molecule has 94 valence electrons. The highest BCUT2D eigenvalue weighted by Gasteiger charge is 2.28. The zero-order valence-electron chi connectivity index (χ0n) is 10.5. The molecule has 1 heterocycles. The molecule has 0 aliphatic carbocycles. The molecule has 1 fully saturated rings. The summed E-state index contributed by atoms with van der Waals surface area (Å²) >= 11 is 5.71. The summed E-state index contributed by atoms with van der Waals surface area (Å²) in [5, 5.41) is 0. The second-order valence-corrected chi connectivity index (χ2v) is 5.31. The lowest BCUT2D eigenvalue weighted by atomic mass is 10.0. The first-order valence-corrected chi connectivity index (χ1v) is 7.07. The third-order valence-corrected chi connectivity index (χ3v) is 3.86. The van der Waals surface area contributed by atoms with Crippen molar-refractivity contribution in [2.24, 2.45) is 5.92 Å². The van der Waals surface area contributed by atoms with E-state index in [1.54, 1.807) is 0 Å². The molecular formula is C13H24ClNO. The molecule has 2 nitrogen and oxygen atoms in total. The minimum atomic E-state index is 0.353. The Labute approximate surface area is 104 Å². The fraction of sp³-hybridized carbons (Fsp3) is 0.923. The van der Waals surface area contributed by atoms with E-state index in [4.69, 9.17) is 11.6 Å². The molecule has 0 N–H and O–H groups in total. The van der Waals surface area contributed by atoms with Crippen molar-refractivity contribution < 1.29 is 4.79 Å². The second-order valence-electron chi connectivity index (χ2n) is 4.93. The number of halogens is 1. The number of rotatable bonds is 6. The van der Waals surface area contributed by atoms with Crippen molar-refractivity contribution in [3.63, 3.8) is 0 Å². The van der Waals surface area contributed by atoms with Gasteiger partial charge in [-0.05, 0) is 31.6 Å². The molecule has 16 heavy (non-hydrogen) atoms. The minimum Gasteiger partial charge on any atom is -0.340 e.